The molecule has 11 heavy (non-hydrogen) atoms. The predicted octanol–water partition coefficient (Wildman–Crippen LogP) is 3.13. The Morgan fingerprint density at radius 3 is 2.64 bits per heavy atom. The maximum atomic E-state index is 5.15. The van der Waals surface area contributed by atoms with Crippen LogP contribution < -0.4 is 0 Å². The second kappa shape index (κ2) is 2.83. The van der Waals surface area contributed by atoms with Gasteiger partial charge >= 0.3 is 0 Å². The van der Waals surface area contributed by atoms with Gasteiger partial charge in [-0.05, 0) is 22.0 Å². The van der Waals surface area contributed by atoms with Crippen LogP contribution in [0.2, 0.25) is 0 Å². The van der Waals surface area contributed by atoms with Gasteiger partial charge in [-0.3, -0.25) is 0 Å². The molecule has 4 heteroatoms. The zero-order chi connectivity index (χ0) is 7.90. The van der Waals surface area contributed by atoms with Crippen molar-refractivity contribution in [1.29, 1.82) is 0 Å². The highest BCUT2D eigenvalue weighted by Gasteiger charge is 2.38. The Labute approximate surface area is 86.0 Å². The second-order valence-corrected chi connectivity index (χ2v) is 5.93. The fourth-order valence-corrected chi connectivity index (χ4v) is 3.18. The van der Waals surface area contributed by atoms with Gasteiger partial charge in [-0.15, -0.1) is 11.3 Å². The van der Waals surface area contributed by atoms with E-state index < -0.39 is 0 Å². The van der Waals surface area contributed by atoms with Crippen LogP contribution >= 0.6 is 43.2 Å². The molecule has 1 aromatic rings. The second-order valence-electron chi connectivity index (χ2n) is 2.59. The summed E-state index contributed by atoms with van der Waals surface area (Å²) in [5.41, 5.74) is 0. The van der Waals surface area contributed by atoms with E-state index >= 15 is 0 Å². The molecule has 1 fully saturated rings. The molecule has 0 spiro atoms. The fourth-order valence-electron chi connectivity index (χ4n) is 0.972. The lowest BCUT2D eigenvalue weighted by molar-refractivity contribution is -0.00543. The summed E-state index contributed by atoms with van der Waals surface area (Å²) in [6.07, 6.45) is 0. The summed E-state index contributed by atoms with van der Waals surface area (Å²) in [4.78, 5) is 1.34. The van der Waals surface area contributed by atoms with E-state index in [1.165, 1.54) is 4.88 Å². The highest BCUT2D eigenvalue weighted by atomic mass is 79.9. The first-order chi connectivity index (χ1) is 5.21. The predicted molar refractivity (Wildman–Crippen MR) is 53.4 cm³/mol. The lowest BCUT2D eigenvalue weighted by Gasteiger charge is -2.34. The number of ether oxygens (including phenoxy) is 1. The lowest BCUT2D eigenvalue weighted by Crippen LogP contribution is -2.40. The van der Waals surface area contributed by atoms with Gasteiger partial charge < -0.3 is 4.74 Å². The topological polar surface area (TPSA) is 9.23 Å². The van der Waals surface area contributed by atoms with Crippen LogP contribution in [0.4, 0.5) is 0 Å². The van der Waals surface area contributed by atoms with Crippen molar-refractivity contribution >= 4 is 43.2 Å². The molecule has 2 rings (SSSR count). The molecule has 0 unspecified atom stereocenters. The van der Waals surface area contributed by atoms with Gasteiger partial charge in [-0.25, -0.2) is 0 Å². The molecule has 1 aliphatic rings. The van der Waals surface area contributed by atoms with Crippen molar-refractivity contribution < 1.29 is 4.74 Å². The van der Waals surface area contributed by atoms with Crippen LogP contribution in [0.1, 0.15) is 4.88 Å². The smallest absolute Gasteiger partial charge is 0.106 e. The van der Waals surface area contributed by atoms with E-state index in [4.69, 9.17) is 4.74 Å². The van der Waals surface area contributed by atoms with Gasteiger partial charge in [-0.1, -0.05) is 15.9 Å². The SMILES string of the molecule is Brc1csc(C2(Br)COC2)c1. The third-order valence-corrected chi connectivity index (χ3v) is 4.71. The highest BCUT2D eigenvalue weighted by Crippen LogP contribution is 2.42. The molecule has 0 radical (unpaired) electrons. The van der Waals surface area contributed by atoms with E-state index in [-0.39, 0.29) is 4.32 Å². The monoisotopic (exact) mass is 296 g/mol. The molecule has 2 heterocycles. The maximum absolute atomic E-state index is 5.15. The van der Waals surface area contributed by atoms with E-state index in [2.05, 4.69) is 43.3 Å². The maximum Gasteiger partial charge on any atom is 0.106 e. The minimum atomic E-state index is 0.115. The number of alkyl halides is 1. The van der Waals surface area contributed by atoms with Crippen molar-refractivity contribution in [3.63, 3.8) is 0 Å². The first-order valence-electron chi connectivity index (χ1n) is 3.22. The van der Waals surface area contributed by atoms with Gasteiger partial charge in [0, 0.05) is 14.7 Å². The van der Waals surface area contributed by atoms with Crippen molar-refractivity contribution in [3.05, 3.63) is 20.8 Å². The van der Waals surface area contributed by atoms with Gasteiger partial charge in [0.25, 0.3) is 0 Å². The molecule has 0 amide bonds. The van der Waals surface area contributed by atoms with Gasteiger partial charge in [-0.2, -0.15) is 0 Å². The molecule has 0 N–H and O–H groups in total. The molecule has 0 aliphatic carbocycles. The molecule has 1 nitrogen and oxygen atoms in total. The summed E-state index contributed by atoms with van der Waals surface area (Å²) in [7, 11) is 0. The summed E-state index contributed by atoms with van der Waals surface area (Å²) < 4.78 is 6.42. The van der Waals surface area contributed by atoms with Crippen LogP contribution in [0.15, 0.2) is 15.9 Å². The van der Waals surface area contributed by atoms with Crippen LogP contribution in [0.25, 0.3) is 0 Å². The molecular weight excluding hydrogens is 292 g/mol. The molecule has 0 atom stereocenters. The molecule has 0 bridgehead atoms. The normalized spacial score (nSPS) is 21.3. The van der Waals surface area contributed by atoms with Crippen molar-refractivity contribution in [3.8, 4) is 0 Å². The first-order valence-corrected chi connectivity index (χ1v) is 5.68. The number of rotatable bonds is 1. The van der Waals surface area contributed by atoms with E-state index in [0.29, 0.717) is 0 Å². The van der Waals surface area contributed by atoms with E-state index in [1.807, 2.05) is 0 Å². The Morgan fingerprint density at radius 1 is 1.55 bits per heavy atom. The largest absolute Gasteiger partial charge is 0.378 e. The Kier molecular flexibility index (Phi) is 2.12. The van der Waals surface area contributed by atoms with Crippen molar-refractivity contribution in [2.24, 2.45) is 0 Å². The molecule has 1 aliphatic heterocycles. The average Bonchev–Trinajstić information content (AvgIpc) is 2.31. The van der Waals surface area contributed by atoms with Crippen molar-refractivity contribution in [2.45, 2.75) is 4.32 Å². The minimum Gasteiger partial charge on any atom is -0.378 e. The molecule has 0 aromatic carbocycles. The van der Waals surface area contributed by atoms with E-state index in [0.717, 1.165) is 17.7 Å². The van der Waals surface area contributed by atoms with Crippen molar-refractivity contribution in [1.82, 2.24) is 0 Å². The molecule has 60 valence electrons. The fraction of sp³-hybridized carbons (Fsp3) is 0.429. The van der Waals surface area contributed by atoms with Crippen LogP contribution in [-0.2, 0) is 9.06 Å². The standard InChI is InChI=1S/C7H6Br2OS/c8-5-1-6(11-2-5)7(9)3-10-4-7/h1-2H,3-4H2. The zero-order valence-corrected chi connectivity index (χ0v) is 9.63. The summed E-state index contributed by atoms with van der Waals surface area (Å²) in [5, 5.41) is 2.09. The van der Waals surface area contributed by atoms with Crippen LogP contribution in [0.3, 0.4) is 0 Å². The van der Waals surface area contributed by atoms with Gasteiger partial charge in [0.05, 0.1) is 13.2 Å². The van der Waals surface area contributed by atoms with Gasteiger partial charge in [0.15, 0.2) is 0 Å². The third-order valence-electron chi connectivity index (χ3n) is 1.67. The molecule has 1 saturated heterocycles. The average molecular weight is 298 g/mol. The Hall–Kier alpha value is 0.620. The summed E-state index contributed by atoms with van der Waals surface area (Å²) in [6.45, 7) is 1.58. The Balaban J connectivity index is 2.28. The molecular formula is C7H6Br2OS. The Bertz CT molecular complexity index is 267. The lowest BCUT2D eigenvalue weighted by atomic mass is 10.1. The number of hydrogen-bond donors (Lipinski definition) is 0. The highest BCUT2D eigenvalue weighted by molar-refractivity contribution is 9.10. The number of hydrogen-bond acceptors (Lipinski definition) is 2. The van der Waals surface area contributed by atoms with E-state index in [1.54, 1.807) is 11.3 Å². The summed E-state index contributed by atoms with van der Waals surface area (Å²) >= 11 is 8.84. The number of halogens is 2. The first kappa shape index (κ1) is 8.23. The van der Waals surface area contributed by atoms with E-state index in [9.17, 15) is 0 Å². The minimum absolute atomic E-state index is 0.115. The quantitative estimate of drug-likeness (QED) is 0.724. The third kappa shape index (κ3) is 1.41. The summed E-state index contributed by atoms with van der Waals surface area (Å²) in [6, 6.07) is 2.14. The van der Waals surface area contributed by atoms with Gasteiger partial charge in [0.2, 0.25) is 0 Å². The molecule has 0 saturated carbocycles. The zero-order valence-electron chi connectivity index (χ0n) is 5.64. The molecule has 1 aromatic heterocycles. The van der Waals surface area contributed by atoms with Crippen molar-refractivity contribution in [2.75, 3.05) is 13.2 Å². The number of thiophene rings is 1. The van der Waals surface area contributed by atoms with Crippen LogP contribution in [0.5, 0.6) is 0 Å². The van der Waals surface area contributed by atoms with Crippen LogP contribution in [-0.4, -0.2) is 13.2 Å². The summed E-state index contributed by atoms with van der Waals surface area (Å²) in [5.74, 6) is 0. The van der Waals surface area contributed by atoms with Crippen LogP contribution in [0, 0.1) is 0 Å². The Morgan fingerprint density at radius 2 is 2.27 bits per heavy atom. The van der Waals surface area contributed by atoms with Gasteiger partial charge in [0.1, 0.15) is 4.32 Å².